The van der Waals surface area contributed by atoms with E-state index in [4.69, 9.17) is 34.8 Å². The lowest BCUT2D eigenvalue weighted by Crippen LogP contribution is -1.93. The largest absolute Gasteiger partial charge is 0.289 e. The second kappa shape index (κ2) is 7.22. The first kappa shape index (κ1) is 16.8. The third-order valence-corrected chi connectivity index (χ3v) is 4.35. The van der Waals surface area contributed by atoms with Crippen molar-refractivity contribution in [1.82, 2.24) is 10.2 Å². The second-order valence-corrected chi connectivity index (χ2v) is 6.29. The van der Waals surface area contributed by atoms with Gasteiger partial charge in [0.25, 0.3) is 0 Å². The van der Waals surface area contributed by atoms with Gasteiger partial charge >= 0.3 is 0 Å². The molecule has 0 spiro atoms. The Morgan fingerprint density at radius 3 is 2.42 bits per heavy atom. The van der Waals surface area contributed by atoms with E-state index in [2.05, 4.69) is 10.2 Å². The van der Waals surface area contributed by atoms with E-state index in [1.807, 2.05) is 18.2 Å². The molecule has 0 aliphatic heterocycles. The van der Waals surface area contributed by atoms with Gasteiger partial charge in [-0.05, 0) is 48.6 Å². The second-order valence-electron chi connectivity index (χ2n) is 5.04. The molecule has 3 rings (SSSR count). The number of aromatic amines is 1. The van der Waals surface area contributed by atoms with Crippen LogP contribution in [0.4, 0.5) is 0 Å². The van der Waals surface area contributed by atoms with Crippen LogP contribution in [0, 0.1) is 0 Å². The van der Waals surface area contributed by atoms with E-state index in [1.165, 1.54) is 6.08 Å². The van der Waals surface area contributed by atoms with E-state index in [0.29, 0.717) is 26.3 Å². The summed E-state index contributed by atoms with van der Waals surface area (Å²) < 4.78 is 0. The van der Waals surface area contributed by atoms with Crippen molar-refractivity contribution in [2.75, 3.05) is 0 Å². The summed E-state index contributed by atoms with van der Waals surface area (Å²) in [6.07, 6.45) is 3.12. The van der Waals surface area contributed by atoms with E-state index in [1.54, 1.807) is 36.4 Å². The number of carbonyl (C=O) groups is 1. The fourth-order valence-electron chi connectivity index (χ4n) is 2.10. The maximum Gasteiger partial charge on any atom is 0.185 e. The zero-order chi connectivity index (χ0) is 17.1. The van der Waals surface area contributed by atoms with Crippen molar-refractivity contribution in [2.24, 2.45) is 0 Å². The van der Waals surface area contributed by atoms with Gasteiger partial charge in [-0.15, -0.1) is 0 Å². The van der Waals surface area contributed by atoms with E-state index in [-0.39, 0.29) is 5.78 Å². The monoisotopic (exact) mass is 376 g/mol. The third-order valence-electron chi connectivity index (χ3n) is 3.36. The summed E-state index contributed by atoms with van der Waals surface area (Å²) in [7, 11) is 0. The van der Waals surface area contributed by atoms with Gasteiger partial charge < -0.3 is 0 Å². The number of nitrogens with one attached hydrogen (secondary N) is 1. The number of ketones is 1. The van der Waals surface area contributed by atoms with Crippen LogP contribution < -0.4 is 0 Å². The molecule has 24 heavy (non-hydrogen) atoms. The van der Waals surface area contributed by atoms with Gasteiger partial charge in [0.2, 0.25) is 0 Å². The molecule has 0 bridgehead atoms. The molecule has 0 aliphatic rings. The Balaban J connectivity index is 1.76. The van der Waals surface area contributed by atoms with Gasteiger partial charge in [0.1, 0.15) is 0 Å². The Hall–Kier alpha value is -2.07. The smallest absolute Gasteiger partial charge is 0.185 e. The highest BCUT2D eigenvalue weighted by Gasteiger charge is 2.06. The third kappa shape index (κ3) is 3.88. The summed E-state index contributed by atoms with van der Waals surface area (Å²) in [5, 5.41) is 8.53. The fraction of sp³-hybridized carbons (Fsp3) is 0. The summed E-state index contributed by atoms with van der Waals surface area (Å²) in [4.78, 5) is 12.2. The molecule has 0 saturated carbocycles. The molecule has 0 atom stereocenters. The summed E-state index contributed by atoms with van der Waals surface area (Å²) in [5.74, 6) is -0.170. The van der Waals surface area contributed by atoms with Crippen LogP contribution in [0.3, 0.4) is 0 Å². The van der Waals surface area contributed by atoms with Crippen LogP contribution >= 0.6 is 34.8 Å². The zero-order valence-corrected chi connectivity index (χ0v) is 14.5. The van der Waals surface area contributed by atoms with Crippen LogP contribution in [0.1, 0.15) is 16.1 Å². The summed E-state index contributed by atoms with van der Waals surface area (Å²) >= 11 is 17.6. The minimum Gasteiger partial charge on any atom is -0.289 e. The maximum atomic E-state index is 12.2. The van der Waals surface area contributed by atoms with Gasteiger partial charge in [-0.25, -0.2) is 0 Å². The Morgan fingerprint density at radius 1 is 0.958 bits per heavy atom. The summed E-state index contributed by atoms with van der Waals surface area (Å²) in [6.45, 7) is 0. The predicted molar refractivity (Wildman–Crippen MR) is 98.9 cm³/mol. The van der Waals surface area contributed by atoms with Crippen molar-refractivity contribution in [2.45, 2.75) is 0 Å². The van der Waals surface area contributed by atoms with E-state index >= 15 is 0 Å². The van der Waals surface area contributed by atoms with Crippen molar-refractivity contribution in [3.8, 4) is 11.3 Å². The first-order chi connectivity index (χ1) is 11.5. The number of H-pyrrole nitrogens is 1. The van der Waals surface area contributed by atoms with Gasteiger partial charge in [0, 0.05) is 16.1 Å². The Morgan fingerprint density at radius 2 is 1.71 bits per heavy atom. The number of halogens is 3. The summed E-state index contributed by atoms with van der Waals surface area (Å²) in [5.41, 5.74) is 2.89. The molecule has 120 valence electrons. The molecule has 0 saturated heterocycles. The molecule has 2 aromatic carbocycles. The van der Waals surface area contributed by atoms with Crippen LogP contribution in [0.25, 0.3) is 17.3 Å². The molecule has 1 heterocycles. The minimum absolute atomic E-state index is 0.170. The number of hydrogen-bond acceptors (Lipinski definition) is 2. The molecule has 3 nitrogen and oxygen atoms in total. The van der Waals surface area contributed by atoms with Gasteiger partial charge in [-0.1, -0.05) is 46.9 Å². The van der Waals surface area contributed by atoms with Crippen LogP contribution in [0.15, 0.2) is 54.6 Å². The van der Waals surface area contributed by atoms with Crippen LogP contribution in [0.5, 0.6) is 0 Å². The highest BCUT2D eigenvalue weighted by Crippen LogP contribution is 2.23. The SMILES string of the molecule is O=C(/C=C/c1cc(-c2ccc(Cl)cc2)n[nH]1)c1ccc(Cl)c(Cl)c1. The first-order valence-corrected chi connectivity index (χ1v) is 8.15. The van der Waals surface area contributed by atoms with E-state index in [0.717, 1.165) is 11.3 Å². The molecular formula is C18H11Cl3N2O. The molecule has 1 aromatic heterocycles. The number of nitrogens with zero attached hydrogens (tertiary/aromatic N) is 1. The number of benzene rings is 2. The molecule has 0 fully saturated rings. The van der Waals surface area contributed by atoms with Crippen molar-refractivity contribution in [1.29, 1.82) is 0 Å². The topological polar surface area (TPSA) is 45.8 Å². The lowest BCUT2D eigenvalue weighted by atomic mass is 10.1. The minimum atomic E-state index is -0.170. The van der Waals surface area contributed by atoms with Crippen LogP contribution in [-0.2, 0) is 0 Å². The molecule has 3 aromatic rings. The van der Waals surface area contributed by atoms with Gasteiger partial charge in [0.15, 0.2) is 5.78 Å². The van der Waals surface area contributed by atoms with Crippen molar-refractivity contribution < 1.29 is 4.79 Å². The maximum absolute atomic E-state index is 12.2. The number of aromatic nitrogens is 2. The fourth-order valence-corrected chi connectivity index (χ4v) is 2.53. The molecule has 0 radical (unpaired) electrons. The number of allylic oxidation sites excluding steroid dienone is 1. The molecular weight excluding hydrogens is 367 g/mol. The first-order valence-electron chi connectivity index (χ1n) is 7.02. The normalized spacial score (nSPS) is 11.1. The Bertz CT molecular complexity index is 914. The van der Waals surface area contributed by atoms with Crippen molar-refractivity contribution in [3.63, 3.8) is 0 Å². The molecule has 0 amide bonds. The predicted octanol–water partition coefficient (Wildman–Crippen LogP) is 5.93. The van der Waals surface area contributed by atoms with Crippen LogP contribution in [-0.4, -0.2) is 16.0 Å². The highest BCUT2D eigenvalue weighted by atomic mass is 35.5. The average Bonchev–Trinajstić information content (AvgIpc) is 3.05. The van der Waals surface area contributed by atoms with Crippen molar-refractivity contribution in [3.05, 3.63) is 80.9 Å². The van der Waals surface area contributed by atoms with E-state index in [9.17, 15) is 4.79 Å². The number of rotatable bonds is 4. The molecule has 0 unspecified atom stereocenters. The Kier molecular flexibility index (Phi) is 5.05. The highest BCUT2D eigenvalue weighted by molar-refractivity contribution is 6.42. The van der Waals surface area contributed by atoms with Gasteiger partial charge in [-0.2, -0.15) is 5.10 Å². The van der Waals surface area contributed by atoms with Gasteiger partial charge in [0.05, 0.1) is 21.4 Å². The summed E-state index contributed by atoms with van der Waals surface area (Å²) in [6, 6.07) is 14.0. The van der Waals surface area contributed by atoms with Crippen LogP contribution in [0.2, 0.25) is 15.1 Å². The zero-order valence-electron chi connectivity index (χ0n) is 12.3. The molecule has 1 N–H and O–H groups in total. The standard InChI is InChI=1S/C18H11Cl3N2O/c19-13-4-1-11(2-5-13)17-10-14(22-23-17)6-8-18(24)12-3-7-15(20)16(21)9-12/h1-10H,(H,22,23)/b8-6+. The van der Waals surface area contributed by atoms with Crippen molar-refractivity contribution >= 4 is 46.7 Å². The lowest BCUT2D eigenvalue weighted by molar-refractivity contribution is 0.104. The molecule has 0 aliphatic carbocycles. The Labute approximate surface area is 153 Å². The van der Waals surface area contributed by atoms with Gasteiger partial charge in [-0.3, -0.25) is 9.89 Å². The number of hydrogen-bond donors (Lipinski definition) is 1. The average molecular weight is 378 g/mol. The lowest BCUT2D eigenvalue weighted by Gasteiger charge is -1.98. The molecule has 6 heteroatoms. The van der Waals surface area contributed by atoms with E-state index < -0.39 is 0 Å². The quantitative estimate of drug-likeness (QED) is 0.452. The number of carbonyl (C=O) groups excluding carboxylic acids is 1.